The summed E-state index contributed by atoms with van der Waals surface area (Å²) in [5.41, 5.74) is 2.07. The van der Waals surface area contributed by atoms with Gasteiger partial charge in [0.05, 0.1) is 47.0 Å². The number of nitrogens with zero attached hydrogens (tertiary/aromatic N) is 6. The van der Waals surface area contributed by atoms with Crippen LogP contribution in [0.1, 0.15) is 5.56 Å². The van der Waals surface area contributed by atoms with E-state index >= 15 is 0 Å². The largest absolute Gasteiger partial charge is 0.378 e. The number of carbonyl (C=O) groups excluding carboxylic acids is 2. The van der Waals surface area contributed by atoms with Crippen LogP contribution in [0.3, 0.4) is 0 Å². The smallest absolute Gasteiger partial charge is 0.261 e. The monoisotopic (exact) mass is 586 g/mol. The predicted octanol–water partition coefficient (Wildman–Crippen LogP) is 2.34. The maximum absolute atomic E-state index is 13.3. The fourth-order valence-corrected chi connectivity index (χ4v) is 5.31. The van der Waals surface area contributed by atoms with E-state index in [0.29, 0.717) is 60.3 Å². The van der Waals surface area contributed by atoms with Crippen LogP contribution in [0.4, 0.5) is 5.69 Å². The molecule has 10 nitrogen and oxygen atoms in total. The molecule has 0 atom stereocenters. The number of hydrogen-bond acceptors (Lipinski definition) is 7. The van der Waals surface area contributed by atoms with Crippen LogP contribution in [0.5, 0.6) is 0 Å². The van der Waals surface area contributed by atoms with Crippen LogP contribution in [-0.4, -0.2) is 102 Å². The summed E-state index contributed by atoms with van der Waals surface area (Å²) >= 11 is 12.1. The number of benzene rings is 2. The topological polar surface area (TPSA) is 91.2 Å². The molecule has 0 unspecified atom stereocenters. The second-order valence-electron chi connectivity index (χ2n) is 10.1. The molecule has 0 spiro atoms. The Morgan fingerprint density at radius 2 is 1.70 bits per heavy atom. The first-order chi connectivity index (χ1) is 19.3. The highest BCUT2D eigenvalue weighted by atomic mass is 35.5. The molecule has 2 fully saturated rings. The van der Waals surface area contributed by atoms with Gasteiger partial charge in [0, 0.05) is 58.5 Å². The molecule has 0 saturated carbocycles. The molecule has 3 heterocycles. The molecule has 0 radical (unpaired) electrons. The molecule has 0 N–H and O–H groups in total. The number of piperazine rings is 1. The van der Waals surface area contributed by atoms with Crippen LogP contribution in [0.15, 0.2) is 47.5 Å². The van der Waals surface area contributed by atoms with Crippen molar-refractivity contribution in [3.05, 3.63) is 68.7 Å². The fraction of sp³-hybridized carbons (Fsp3) is 0.429. The molecule has 1 aromatic heterocycles. The predicted molar refractivity (Wildman–Crippen MR) is 155 cm³/mol. The van der Waals surface area contributed by atoms with Crippen molar-refractivity contribution in [2.45, 2.75) is 13.1 Å². The van der Waals surface area contributed by atoms with Gasteiger partial charge in [0.15, 0.2) is 0 Å². The Balaban J connectivity index is 1.22. The van der Waals surface area contributed by atoms with Gasteiger partial charge in [-0.1, -0.05) is 29.3 Å². The van der Waals surface area contributed by atoms with Gasteiger partial charge < -0.3 is 19.4 Å². The van der Waals surface area contributed by atoms with Crippen molar-refractivity contribution in [2.75, 3.05) is 71.0 Å². The summed E-state index contributed by atoms with van der Waals surface area (Å²) in [4.78, 5) is 51.0. The van der Waals surface area contributed by atoms with Gasteiger partial charge in [0.25, 0.3) is 5.56 Å². The van der Waals surface area contributed by atoms with Gasteiger partial charge in [-0.25, -0.2) is 4.98 Å². The minimum atomic E-state index is -0.266. The molecule has 2 amide bonds. The molecule has 5 rings (SSSR count). The number of carbonyl (C=O) groups is 2. The van der Waals surface area contributed by atoms with Crippen molar-refractivity contribution in [1.82, 2.24) is 24.3 Å². The summed E-state index contributed by atoms with van der Waals surface area (Å²) in [6.45, 7) is 6.12. The number of ether oxygens (including phenoxy) is 1. The van der Waals surface area contributed by atoms with Gasteiger partial charge in [-0.15, -0.1) is 0 Å². The van der Waals surface area contributed by atoms with E-state index in [1.807, 2.05) is 29.2 Å². The molecule has 2 aliphatic heterocycles. The normalized spacial score (nSPS) is 16.4. The molecule has 0 bridgehead atoms. The highest BCUT2D eigenvalue weighted by Gasteiger charge is 2.23. The Morgan fingerprint density at radius 1 is 0.950 bits per heavy atom. The van der Waals surface area contributed by atoms with Gasteiger partial charge in [-0.05, 0) is 35.9 Å². The van der Waals surface area contributed by atoms with Gasteiger partial charge in [-0.3, -0.25) is 23.9 Å². The van der Waals surface area contributed by atoms with Crippen molar-refractivity contribution < 1.29 is 14.3 Å². The third-order valence-corrected chi connectivity index (χ3v) is 8.14. The number of anilines is 1. The maximum Gasteiger partial charge on any atom is 0.261 e. The molecule has 0 aliphatic carbocycles. The summed E-state index contributed by atoms with van der Waals surface area (Å²) < 4.78 is 6.68. The lowest BCUT2D eigenvalue weighted by atomic mass is 10.2. The number of likely N-dealkylation sites (N-methyl/N-ethyl adjacent to an activating group) is 1. The Hall–Kier alpha value is -3.18. The van der Waals surface area contributed by atoms with Gasteiger partial charge in [-0.2, -0.15) is 0 Å². The third kappa shape index (κ3) is 6.58. The quantitative estimate of drug-likeness (QED) is 0.419. The van der Waals surface area contributed by atoms with Crippen LogP contribution >= 0.6 is 23.2 Å². The first-order valence-corrected chi connectivity index (χ1v) is 14.0. The number of fused-ring (bicyclic) bond motifs is 1. The van der Waals surface area contributed by atoms with Gasteiger partial charge >= 0.3 is 0 Å². The van der Waals surface area contributed by atoms with Crippen molar-refractivity contribution in [3.8, 4) is 0 Å². The van der Waals surface area contributed by atoms with Crippen LogP contribution in [0, 0.1) is 0 Å². The Kier molecular flexibility index (Phi) is 8.90. The molecule has 212 valence electrons. The van der Waals surface area contributed by atoms with E-state index in [2.05, 4.69) is 14.8 Å². The van der Waals surface area contributed by atoms with E-state index in [-0.39, 0.29) is 23.9 Å². The number of rotatable bonds is 7. The highest BCUT2D eigenvalue weighted by molar-refractivity contribution is 6.42. The summed E-state index contributed by atoms with van der Waals surface area (Å²) in [6.07, 6.45) is 1.42. The number of amides is 2. The summed E-state index contributed by atoms with van der Waals surface area (Å²) in [5.74, 6) is -0.0838. The van der Waals surface area contributed by atoms with E-state index in [1.54, 1.807) is 19.2 Å². The number of morpholine rings is 1. The molecule has 12 heteroatoms. The second-order valence-corrected chi connectivity index (χ2v) is 10.9. The third-order valence-electron chi connectivity index (χ3n) is 7.40. The van der Waals surface area contributed by atoms with Gasteiger partial charge in [0.1, 0.15) is 6.54 Å². The van der Waals surface area contributed by atoms with Crippen LogP contribution in [0.25, 0.3) is 10.9 Å². The van der Waals surface area contributed by atoms with E-state index in [0.717, 1.165) is 37.4 Å². The number of hydrogen-bond donors (Lipinski definition) is 0. The Labute approximate surface area is 242 Å². The van der Waals surface area contributed by atoms with E-state index in [4.69, 9.17) is 27.9 Å². The van der Waals surface area contributed by atoms with Crippen molar-refractivity contribution in [3.63, 3.8) is 0 Å². The standard InChI is InChI=1S/C28H32Cl2N6O4/c1-32(16-20-2-4-23(29)24(30)14-20)26(37)18-36-19-31-25-5-3-21(15-22(25)28(36)39)34-8-6-33(7-9-34)17-27(38)35-10-12-40-13-11-35/h2-5,14-15,19H,6-13,16-18H2,1H3. The first-order valence-electron chi connectivity index (χ1n) is 13.3. The molecule has 3 aromatic rings. The minimum absolute atomic E-state index is 0.125. The van der Waals surface area contributed by atoms with Crippen molar-refractivity contribution in [1.29, 1.82) is 0 Å². The number of aromatic nitrogens is 2. The molecule has 2 aromatic carbocycles. The molecular weight excluding hydrogens is 555 g/mol. The fourth-order valence-electron chi connectivity index (χ4n) is 4.99. The lowest BCUT2D eigenvalue weighted by Gasteiger charge is -2.37. The zero-order valence-corrected chi connectivity index (χ0v) is 23.9. The lowest BCUT2D eigenvalue weighted by molar-refractivity contribution is -0.136. The van der Waals surface area contributed by atoms with Crippen molar-refractivity contribution in [2.24, 2.45) is 0 Å². The summed E-state index contributed by atoms with van der Waals surface area (Å²) in [5, 5.41) is 1.34. The first kappa shape index (κ1) is 28.4. The maximum atomic E-state index is 13.3. The molecule has 40 heavy (non-hydrogen) atoms. The average Bonchev–Trinajstić information content (AvgIpc) is 2.97. The van der Waals surface area contributed by atoms with E-state index in [9.17, 15) is 14.4 Å². The molecular formula is C28H32Cl2N6O4. The highest BCUT2D eigenvalue weighted by Crippen LogP contribution is 2.23. The SMILES string of the molecule is CN(Cc1ccc(Cl)c(Cl)c1)C(=O)Cn1cnc2ccc(N3CCN(CC(=O)N4CCOCC4)CC3)cc2c1=O. The second kappa shape index (κ2) is 12.6. The zero-order chi connectivity index (χ0) is 28.2. The van der Waals surface area contributed by atoms with Crippen LogP contribution < -0.4 is 10.5 Å². The van der Waals surface area contributed by atoms with Crippen molar-refractivity contribution >= 4 is 51.6 Å². The molecule has 2 aliphatic rings. The minimum Gasteiger partial charge on any atom is -0.378 e. The van der Waals surface area contributed by atoms with Gasteiger partial charge in [0.2, 0.25) is 11.8 Å². The Morgan fingerprint density at radius 3 is 2.42 bits per heavy atom. The number of halogens is 2. The summed E-state index contributed by atoms with van der Waals surface area (Å²) in [7, 11) is 1.68. The summed E-state index contributed by atoms with van der Waals surface area (Å²) in [6, 6.07) is 10.9. The van der Waals surface area contributed by atoms with Crippen LogP contribution in [0.2, 0.25) is 10.0 Å². The van der Waals surface area contributed by atoms with Crippen LogP contribution in [-0.2, 0) is 27.4 Å². The molecule has 2 saturated heterocycles. The van der Waals surface area contributed by atoms with E-state index in [1.165, 1.54) is 15.8 Å². The van der Waals surface area contributed by atoms with E-state index < -0.39 is 0 Å². The Bertz CT molecular complexity index is 1450. The zero-order valence-electron chi connectivity index (χ0n) is 22.4. The average molecular weight is 588 g/mol. The lowest BCUT2D eigenvalue weighted by Crippen LogP contribution is -2.51.